The van der Waals surface area contributed by atoms with E-state index in [-0.39, 0.29) is 5.91 Å². The third kappa shape index (κ3) is 2.82. The lowest BCUT2D eigenvalue weighted by molar-refractivity contribution is -0.120. The van der Waals surface area contributed by atoms with Gasteiger partial charge in [0.1, 0.15) is 0 Å². The molecule has 4 nitrogen and oxygen atoms in total. The molecule has 0 radical (unpaired) electrons. The zero-order chi connectivity index (χ0) is 13.0. The summed E-state index contributed by atoms with van der Waals surface area (Å²) in [6.07, 6.45) is 1.02. The van der Waals surface area contributed by atoms with Crippen molar-refractivity contribution in [3.8, 4) is 0 Å². The van der Waals surface area contributed by atoms with Crippen molar-refractivity contribution in [2.45, 2.75) is 19.4 Å². The van der Waals surface area contributed by atoms with Crippen LogP contribution in [0.2, 0.25) is 0 Å². The zero-order valence-corrected chi connectivity index (χ0v) is 11.0. The first kappa shape index (κ1) is 12.9. The van der Waals surface area contributed by atoms with E-state index in [1.165, 1.54) is 11.3 Å². The highest BCUT2D eigenvalue weighted by molar-refractivity contribution is 5.82. The molecule has 0 aliphatic carbocycles. The van der Waals surface area contributed by atoms with Crippen molar-refractivity contribution in [1.82, 2.24) is 5.32 Å². The van der Waals surface area contributed by atoms with E-state index < -0.39 is 0 Å². The largest absolute Gasteiger partial charge is 0.383 e. The summed E-state index contributed by atoms with van der Waals surface area (Å²) in [6, 6.07) is 8.67. The molecule has 0 aromatic heterocycles. The van der Waals surface area contributed by atoms with Crippen LogP contribution in [0.1, 0.15) is 12.5 Å². The van der Waals surface area contributed by atoms with Crippen LogP contribution < -0.4 is 10.2 Å². The molecule has 1 aromatic carbocycles. The predicted molar refractivity (Wildman–Crippen MR) is 71.8 cm³/mol. The normalized spacial score (nSPS) is 17.7. The maximum atomic E-state index is 11.8. The molecule has 1 aliphatic rings. The van der Waals surface area contributed by atoms with Crippen molar-refractivity contribution in [3.05, 3.63) is 29.8 Å². The van der Waals surface area contributed by atoms with Gasteiger partial charge < -0.3 is 15.0 Å². The van der Waals surface area contributed by atoms with E-state index in [1.54, 1.807) is 7.11 Å². The SMILES string of the molecule is COCCNC(=O)CN1c2ccccc2C[C@H]1C. The molecule has 18 heavy (non-hydrogen) atoms. The molecule has 0 saturated carbocycles. The quantitative estimate of drug-likeness (QED) is 0.796. The standard InChI is InChI=1S/C14H20N2O2/c1-11-9-12-5-3-4-6-13(12)16(11)10-14(17)15-7-8-18-2/h3-6,11H,7-10H2,1-2H3,(H,15,17)/t11-/m1/s1. The smallest absolute Gasteiger partial charge is 0.239 e. The van der Waals surface area contributed by atoms with Gasteiger partial charge in [0, 0.05) is 25.4 Å². The van der Waals surface area contributed by atoms with Crippen LogP contribution in [0.5, 0.6) is 0 Å². The molecule has 1 amide bonds. The maximum Gasteiger partial charge on any atom is 0.239 e. The van der Waals surface area contributed by atoms with Gasteiger partial charge in [0.15, 0.2) is 0 Å². The van der Waals surface area contributed by atoms with Crippen molar-refractivity contribution < 1.29 is 9.53 Å². The van der Waals surface area contributed by atoms with Gasteiger partial charge in [-0.3, -0.25) is 4.79 Å². The van der Waals surface area contributed by atoms with Crippen LogP contribution in [-0.2, 0) is 16.0 Å². The van der Waals surface area contributed by atoms with E-state index in [0.717, 1.165) is 6.42 Å². The Morgan fingerprint density at radius 2 is 2.28 bits per heavy atom. The summed E-state index contributed by atoms with van der Waals surface area (Å²) in [4.78, 5) is 14.0. The highest BCUT2D eigenvalue weighted by Gasteiger charge is 2.26. The summed E-state index contributed by atoms with van der Waals surface area (Å²) in [5.74, 6) is 0.0515. The first-order valence-corrected chi connectivity index (χ1v) is 6.32. The van der Waals surface area contributed by atoms with E-state index in [2.05, 4.69) is 29.3 Å². The number of hydrogen-bond donors (Lipinski definition) is 1. The van der Waals surface area contributed by atoms with Crippen molar-refractivity contribution in [2.75, 3.05) is 31.7 Å². The number of methoxy groups -OCH3 is 1. The van der Waals surface area contributed by atoms with Gasteiger partial charge in [-0.05, 0) is 25.0 Å². The van der Waals surface area contributed by atoms with Crippen LogP contribution >= 0.6 is 0 Å². The third-order valence-corrected chi connectivity index (χ3v) is 3.29. The highest BCUT2D eigenvalue weighted by Crippen LogP contribution is 2.31. The van der Waals surface area contributed by atoms with Gasteiger partial charge in [-0.1, -0.05) is 18.2 Å². The van der Waals surface area contributed by atoms with Gasteiger partial charge >= 0.3 is 0 Å². The lowest BCUT2D eigenvalue weighted by Gasteiger charge is -2.24. The minimum atomic E-state index is 0.0515. The zero-order valence-electron chi connectivity index (χ0n) is 11.0. The summed E-state index contributed by atoms with van der Waals surface area (Å²) >= 11 is 0. The molecular formula is C14H20N2O2. The Bertz CT molecular complexity index is 420. The van der Waals surface area contributed by atoms with Gasteiger partial charge in [-0.15, -0.1) is 0 Å². The lowest BCUT2D eigenvalue weighted by Crippen LogP contribution is -2.41. The second-order valence-electron chi connectivity index (χ2n) is 4.65. The fourth-order valence-corrected chi connectivity index (χ4v) is 2.37. The van der Waals surface area contributed by atoms with Crippen LogP contribution in [0.15, 0.2) is 24.3 Å². The Morgan fingerprint density at radius 1 is 1.50 bits per heavy atom. The predicted octanol–water partition coefficient (Wildman–Crippen LogP) is 1.20. The molecule has 1 N–H and O–H groups in total. The number of ether oxygens (including phenoxy) is 1. The Hall–Kier alpha value is -1.55. The second-order valence-corrected chi connectivity index (χ2v) is 4.65. The number of nitrogens with zero attached hydrogens (tertiary/aromatic N) is 1. The third-order valence-electron chi connectivity index (χ3n) is 3.29. The molecule has 1 heterocycles. The van der Waals surface area contributed by atoms with Crippen LogP contribution in [0.3, 0.4) is 0 Å². The average molecular weight is 248 g/mol. The van der Waals surface area contributed by atoms with Crippen LogP contribution in [0, 0.1) is 0 Å². The summed E-state index contributed by atoms with van der Waals surface area (Å²) < 4.78 is 4.91. The molecule has 1 aromatic rings. The molecule has 0 fully saturated rings. The van der Waals surface area contributed by atoms with Crippen molar-refractivity contribution in [1.29, 1.82) is 0 Å². The number of rotatable bonds is 5. The molecule has 0 unspecified atom stereocenters. The number of nitrogens with one attached hydrogen (secondary N) is 1. The van der Waals surface area contributed by atoms with Crippen molar-refractivity contribution >= 4 is 11.6 Å². The lowest BCUT2D eigenvalue weighted by atomic mass is 10.1. The van der Waals surface area contributed by atoms with Crippen molar-refractivity contribution in [3.63, 3.8) is 0 Å². The van der Waals surface area contributed by atoms with E-state index in [1.807, 2.05) is 12.1 Å². The van der Waals surface area contributed by atoms with Gasteiger partial charge in [0.2, 0.25) is 5.91 Å². The van der Waals surface area contributed by atoms with E-state index in [0.29, 0.717) is 25.7 Å². The van der Waals surface area contributed by atoms with Gasteiger partial charge in [0.25, 0.3) is 0 Å². The number of anilines is 1. The molecule has 0 bridgehead atoms. The monoisotopic (exact) mass is 248 g/mol. The maximum absolute atomic E-state index is 11.8. The Labute approximate surface area is 108 Å². The number of carbonyl (C=O) groups excluding carboxylic acids is 1. The minimum Gasteiger partial charge on any atom is -0.383 e. The summed E-state index contributed by atoms with van der Waals surface area (Å²) in [6.45, 7) is 3.70. The second kappa shape index (κ2) is 5.87. The number of carbonyl (C=O) groups is 1. The first-order valence-electron chi connectivity index (χ1n) is 6.32. The van der Waals surface area contributed by atoms with E-state index >= 15 is 0 Å². The topological polar surface area (TPSA) is 41.6 Å². The molecule has 2 rings (SSSR count). The van der Waals surface area contributed by atoms with Crippen LogP contribution in [0.25, 0.3) is 0 Å². The Morgan fingerprint density at radius 3 is 3.06 bits per heavy atom. The number of para-hydroxylation sites is 1. The van der Waals surface area contributed by atoms with Gasteiger partial charge in [0.05, 0.1) is 13.2 Å². The molecule has 98 valence electrons. The molecular weight excluding hydrogens is 228 g/mol. The summed E-state index contributed by atoms with van der Waals surface area (Å²) in [5, 5.41) is 2.86. The minimum absolute atomic E-state index is 0.0515. The van der Waals surface area contributed by atoms with Crippen LogP contribution in [-0.4, -0.2) is 38.8 Å². The number of fused-ring (bicyclic) bond motifs is 1. The van der Waals surface area contributed by atoms with Crippen molar-refractivity contribution in [2.24, 2.45) is 0 Å². The Kier molecular flexibility index (Phi) is 4.20. The molecule has 0 spiro atoms. The number of benzene rings is 1. The van der Waals surface area contributed by atoms with E-state index in [9.17, 15) is 4.79 Å². The number of hydrogen-bond acceptors (Lipinski definition) is 3. The first-order chi connectivity index (χ1) is 8.72. The van der Waals surface area contributed by atoms with Gasteiger partial charge in [-0.25, -0.2) is 0 Å². The molecule has 1 atom stereocenters. The molecule has 0 saturated heterocycles. The van der Waals surface area contributed by atoms with Gasteiger partial charge in [-0.2, -0.15) is 0 Å². The Balaban J connectivity index is 1.95. The molecule has 1 aliphatic heterocycles. The molecule has 4 heteroatoms. The summed E-state index contributed by atoms with van der Waals surface area (Å²) in [7, 11) is 1.63. The number of amides is 1. The van der Waals surface area contributed by atoms with Crippen LogP contribution in [0.4, 0.5) is 5.69 Å². The average Bonchev–Trinajstić information content (AvgIpc) is 2.67. The van der Waals surface area contributed by atoms with E-state index in [4.69, 9.17) is 4.74 Å². The summed E-state index contributed by atoms with van der Waals surface area (Å²) in [5.41, 5.74) is 2.52. The fourth-order valence-electron chi connectivity index (χ4n) is 2.37. The highest BCUT2D eigenvalue weighted by atomic mass is 16.5. The fraction of sp³-hybridized carbons (Fsp3) is 0.500.